The Morgan fingerprint density at radius 3 is 2.75 bits per heavy atom. The number of rotatable bonds is 5. The highest BCUT2D eigenvalue weighted by Gasteiger charge is 2.25. The van der Waals surface area contributed by atoms with Crippen LogP contribution in [0.15, 0.2) is 12.1 Å². The van der Waals surface area contributed by atoms with Crippen LogP contribution in [0.4, 0.5) is 0 Å². The Morgan fingerprint density at radius 1 is 1.44 bits per heavy atom. The van der Waals surface area contributed by atoms with Crippen molar-refractivity contribution in [3.05, 3.63) is 29.1 Å². The standard InChI is InChI=1S/C14H22N2/c1-4-10(2)15-9-13-7-8-14(11(3)16-13)12-5-6-12/h7-8,10,12,15H,4-6,9H2,1-3H3/t10-/m1/s1. The Labute approximate surface area is 98.5 Å². The Morgan fingerprint density at radius 2 is 2.19 bits per heavy atom. The lowest BCUT2D eigenvalue weighted by Crippen LogP contribution is -2.25. The van der Waals surface area contributed by atoms with Crippen molar-refractivity contribution in [2.45, 2.75) is 58.5 Å². The minimum atomic E-state index is 0.574. The Hall–Kier alpha value is -0.890. The van der Waals surface area contributed by atoms with Crippen LogP contribution in [0.2, 0.25) is 0 Å². The molecule has 0 aliphatic heterocycles. The highest BCUT2D eigenvalue weighted by atomic mass is 14.9. The van der Waals surface area contributed by atoms with E-state index >= 15 is 0 Å². The number of nitrogens with zero attached hydrogens (tertiary/aromatic N) is 1. The molecule has 0 radical (unpaired) electrons. The lowest BCUT2D eigenvalue weighted by molar-refractivity contribution is 0.528. The number of hydrogen-bond donors (Lipinski definition) is 1. The fourth-order valence-electron chi connectivity index (χ4n) is 1.97. The molecule has 0 amide bonds. The van der Waals surface area contributed by atoms with Crippen LogP contribution in [0.5, 0.6) is 0 Å². The highest BCUT2D eigenvalue weighted by Crippen LogP contribution is 2.41. The third kappa shape index (κ3) is 2.82. The van der Waals surface area contributed by atoms with Crippen LogP contribution in [0.3, 0.4) is 0 Å². The molecule has 0 bridgehead atoms. The largest absolute Gasteiger partial charge is 0.309 e. The summed E-state index contributed by atoms with van der Waals surface area (Å²) in [6.07, 6.45) is 3.87. The molecular formula is C14H22N2. The third-order valence-electron chi connectivity index (χ3n) is 3.45. The third-order valence-corrected chi connectivity index (χ3v) is 3.45. The summed E-state index contributed by atoms with van der Waals surface area (Å²) < 4.78 is 0. The van der Waals surface area contributed by atoms with Gasteiger partial charge in [-0.15, -0.1) is 0 Å². The number of hydrogen-bond acceptors (Lipinski definition) is 2. The van der Waals surface area contributed by atoms with Gasteiger partial charge in [0.1, 0.15) is 0 Å². The van der Waals surface area contributed by atoms with Gasteiger partial charge < -0.3 is 5.32 Å². The topological polar surface area (TPSA) is 24.9 Å². The molecule has 1 aromatic rings. The fourth-order valence-corrected chi connectivity index (χ4v) is 1.97. The first-order valence-electron chi connectivity index (χ1n) is 6.40. The number of nitrogens with one attached hydrogen (secondary N) is 1. The van der Waals surface area contributed by atoms with Crippen molar-refractivity contribution >= 4 is 0 Å². The fraction of sp³-hybridized carbons (Fsp3) is 0.643. The van der Waals surface area contributed by atoms with Gasteiger partial charge in [-0.1, -0.05) is 13.0 Å². The maximum atomic E-state index is 4.68. The zero-order valence-corrected chi connectivity index (χ0v) is 10.6. The summed E-state index contributed by atoms with van der Waals surface area (Å²) in [6, 6.07) is 5.02. The van der Waals surface area contributed by atoms with Gasteiger partial charge in [-0.2, -0.15) is 0 Å². The van der Waals surface area contributed by atoms with Gasteiger partial charge in [-0.05, 0) is 50.7 Å². The van der Waals surface area contributed by atoms with E-state index in [1.54, 1.807) is 0 Å². The van der Waals surface area contributed by atoms with Crippen molar-refractivity contribution in [2.24, 2.45) is 0 Å². The van der Waals surface area contributed by atoms with E-state index in [2.05, 4.69) is 43.2 Å². The Bertz CT molecular complexity index is 356. The molecule has 0 unspecified atom stereocenters. The van der Waals surface area contributed by atoms with Crippen molar-refractivity contribution < 1.29 is 0 Å². The second-order valence-electron chi connectivity index (χ2n) is 4.94. The molecule has 1 aliphatic carbocycles. The summed E-state index contributed by atoms with van der Waals surface area (Å²) >= 11 is 0. The molecule has 0 saturated heterocycles. The van der Waals surface area contributed by atoms with E-state index < -0.39 is 0 Å². The van der Waals surface area contributed by atoms with Gasteiger partial charge in [0.05, 0.1) is 5.69 Å². The van der Waals surface area contributed by atoms with E-state index in [-0.39, 0.29) is 0 Å². The Kier molecular flexibility index (Phi) is 3.59. The number of aryl methyl sites for hydroxylation is 1. The second-order valence-corrected chi connectivity index (χ2v) is 4.94. The van der Waals surface area contributed by atoms with E-state index in [9.17, 15) is 0 Å². The van der Waals surface area contributed by atoms with Gasteiger partial charge in [-0.25, -0.2) is 0 Å². The van der Waals surface area contributed by atoms with Crippen LogP contribution in [0.1, 0.15) is 56.0 Å². The van der Waals surface area contributed by atoms with E-state index in [4.69, 9.17) is 0 Å². The molecule has 2 rings (SSSR count). The van der Waals surface area contributed by atoms with Gasteiger partial charge in [0, 0.05) is 18.3 Å². The van der Waals surface area contributed by atoms with Crippen molar-refractivity contribution in [1.29, 1.82) is 0 Å². The molecule has 1 heterocycles. The maximum Gasteiger partial charge on any atom is 0.0545 e. The zero-order valence-electron chi connectivity index (χ0n) is 10.6. The second kappa shape index (κ2) is 4.96. The molecule has 0 aromatic carbocycles. The van der Waals surface area contributed by atoms with Gasteiger partial charge >= 0.3 is 0 Å². The molecule has 1 N–H and O–H groups in total. The quantitative estimate of drug-likeness (QED) is 0.821. The smallest absolute Gasteiger partial charge is 0.0545 e. The highest BCUT2D eigenvalue weighted by molar-refractivity contribution is 5.29. The molecule has 1 aliphatic rings. The Balaban J connectivity index is 1.97. The molecule has 0 spiro atoms. The summed E-state index contributed by atoms with van der Waals surface area (Å²) in [5.41, 5.74) is 3.86. The lowest BCUT2D eigenvalue weighted by atomic mass is 10.1. The van der Waals surface area contributed by atoms with Crippen molar-refractivity contribution in [1.82, 2.24) is 10.3 Å². The first-order chi connectivity index (χ1) is 7.70. The number of pyridine rings is 1. The van der Waals surface area contributed by atoms with Crippen LogP contribution in [-0.2, 0) is 6.54 Å². The van der Waals surface area contributed by atoms with Crippen LogP contribution >= 0.6 is 0 Å². The lowest BCUT2D eigenvalue weighted by Gasteiger charge is -2.12. The molecule has 1 aromatic heterocycles. The normalized spacial score (nSPS) is 17.4. The van der Waals surface area contributed by atoms with Crippen molar-refractivity contribution in [3.63, 3.8) is 0 Å². The van der Waals surface area contributed by atoms with Gasteiger partial charge in [-0.3, -0.25) is 4.98 Å². The van der Waals surface area contributed by atoms with Crippen LogP contribution in [-0.4, -0.2) is 11.0 Å². The molecule has 1 saturated carbocycles. The van der Waals surface area contributed by atoms with Gasteiger partial charge in [0.15, 0.2) is 0 Å². The minimum Gasteiger partial charge on any atom is -0.309 e. The van der Waals surface area contributed by atoms with E-state index in [1.165, 1.54) is 36.2 Å². The molecule has 16 heavy (non-hydrogen) atoms. The summed E-state index contributed by atoms with van der Waals surface area (Å²) in [4.78, 5) is 4.68. The molecule has 88 valence electrons. The van der Waals surface area contributed by atoms with Crippen LogP contribution in [0.25, 0.3) is 0 Å². The van der Waals surface area contributed by atoms with E-state index in [0.29, 0.717) is 6.04 Å². The predicted octanol–water partition coefficient (Wildman–Crippen LogP) is 3.16. The molecule has 1 fully saturated rings. The predicted molar refractivity (Wildman–Crippen MR) is 67.5 cm³/mol. The van der Waals surface area contributed by atoms with E-state index in [0.717, 1.165) is 12.5 Å². The van der Waals surface area contributed by atoms with Crippen molar-refractivity contribution in [3.8, 4) is 0 Å². The van der Waals surface area contributed by atoms with Crippen molar-refractivity contribution in [2.75, 3.05) is 0 Å². The van der Waals surface area contributed by atoms with Crippen LogP contribution in [0, 0.1) is 6.92 Å². The average molecular weight is 218 g/mol. The van der Waals surface area contributed by atoms with Gasteiger partial charge in [0.2, 0.25) is 0 Å². The summed E-state index contributed by atoms with van der Waals surface area (Å²) in [6.45, 7) is 7.44. The molecule has 2 heteroatoms. The first kappa shape index (κ1) is 11.6. The maximum absolute atomic E-state index is 4.68. The molecule has 1 atom stereocenters. The van der Waals surface area contributed by atoms with Gasteiger partial charge in [0.25, 0.3) is 0 Å². The van der Waals surface area contributed by atoms with E-state index in [1.807, 2.05) is 0 Å². The summed E-state index contributed by atoms with van der Waals surface area (Å²) in [5, 5.41) is 3.48. The average Bonchev–Trinajstić information content (AvgIpc) is 3.10. The number of aromatic nitrogens is 1. The first-order valence-corrected chi connectivity index (χ1v) is 6.40. The molecular weight excluding hydrogens is 196 g/mol. The summed E-state index contributed by atoms with van der Waals surface area (Å²) in [7, 11) is 0. The molecule has 2 nitrogen and oxygen atoms in total. The minimum absolute atomic E-state index is 0.574. The monoisotopic (exact) mass is 218 g/mol. The zero-order chi connectivity index (χ0) is 11.5. The summed E-state index contributed by atoms with van der Waals surface area (Å²) in [5.74, 6) is 0.809. The SMILES string of the molecule is CC[C@@H](C)NCc1ccc(C2CC2)c(C)n1. The van der Waals surface area contributed by atoms with Crippen LogP contribution < -0.4 is 5.32 Å².